The standard InChI is InChI=1S/C16H28N2/c1-13(2)18(11-10-16(4,5)6)12-15-9-7-8-14(3)17-15/h7-9,13H,10-12H2,1-6H3. The largest absolute Gasteiger partial charge is 0.295 e. The predicted molar refractivity (Wildman–Crippen MR) is 78.6 cm³/mol. The van der Waals surface area contributed by atoms with E-state index < -0.39 is 0 Å². The molecule has 1 aromatic rings. The molecular weight excluding hydrogens is 220 g/mol. The third-order valence-electron chi connectivity index (χ3n) is 3.19. The average molecular weight is 248 g/mol. The number of pyridine rings is 1. The van der Waals surface area contributed by atoms with E-state index >= 15 is 0 Å². The van der Waals surface area contributed by atoms with Crippen molar-refractivity contribution < 1.29 is 0 Å². The predicted octanol–water partition coefficient (Wildman–Crippen LogP) is 4.04. The van der Waals surface area contributed by atoms with E-state index in [1.54, 1.807) is 0 Å². The second-order valence-electron chi connectivity index (χ2n) is 6.65. The van der Waals surface area contributed by atoms with Gasteiger partial charge in [-0.05, 0) is 51.3 Å². The highest BCUT2D eigenvalue weighted by molar-refractivity contribution is 5.09. The highest BCUT2D eigenvalue weighted by atomic mass is 15.1. The van der Waals surface area contributed by atoms with Gasteiger partial charge in [-0.2, -0.15) is 0 Å². The van der Waals surface area contributed by atoms with Crippen LogP contribution >= 0.6 is 0 Å². The minimum atomic E-state index is 0.396. The van der Waals surface area contributed by atoms with Gasteiger partial charge in [0.25, 0.3) is 0 Å². The van der Waals surface area contributed by atoms with Gasteiger partial charge in [-0.3, -0.25) is 9.88 Å². The Bertz CT molecular complexity index is 364. The summed E-state index contributed by atoms with van der Waals surface area (Å²) in [5.74, 6) is 0. The second-order valence-corrected chi connectivity index (χ2v) is 6.65. The third-order valence-corrected chi connectivity index (χ3v) is 3.19. The first-order valence-corrected chi connectivity index (χ1v) is 6.94. The van der Waals surface area contributed by atoms with Gasteiger partial charge in [0.15, 0.2) is 0 Å². The molecule has 0 bridgehead atoms. The van der Waals surface area contributed by atoms with Gasteiger partial charge < -0.3 is 0 Å². The molecule has 0 amide bonds. The average Bonchev–Trinajstić information content (AvgIpc) is 2.22. The van der Waals surface area contributed by atoms with E-state index in [0.29, 0.717) is 11.5 Å². The molecular formula is C16H28N2. The molecule has 0 aliphatic rings. The van der Waals surface area contributed by atoms with Crippen LogP contribution in [-0.4, -0.2) is 22.5 Å². The summed E-state index contributed by atoms with van der Waals surface area (Å²) < 4.78 is 0. The first kappa shape index (κ1) is 15.2. The highest BCUT2D eigenvalue weighted by Gasteiger charge is 2.16. The van der Waals surface area contributed by atoms with Gasteiger partial charge in [-0.25, -0.2) is 0 Å². The molecule has 0 N–H and O–H groups in total. The lowest BCUT2D eigenvalue weighted by atomic mass is 9.92. The molecule has 0 aromatic carbocycles. The Morgan fingerprint density at radius 1 is 1.22 bits per heavy atom. The van der Waals surface area contributed by atoms with Crippen LogP contribution in [0.1, 0.15) is 52.4 Å². The fraction of sp³-hybridized carbons (Fsp3) is 0.688. The topological polar surface area (TPSA) is 16.1 Å². The summed E-state index contributed by atoms with van der Waals surface area (Å²) in [6, 6.07) is 6.84. The maximum Gasteiger partial charge on any atom is 0.0547 e. The zero-order chi connectivity index (χ0) is 13.8. The lowest BCUT2D eigenvalue weighted by Gasteiger charge is -2.29. The molecule has 0 atom stereocenters. The number of nitrogens with zero attached hydrogens (tertiary/aromatic N) is 2. The van der Waals surface area contributed by atoms with E-state index in [9.17, 15) is 0 Å². The van der Waals surface area contributed by atoms with Crippen LogP contribution in [0.15, 0.2) is 18.2 Å². The van der Waals surface area contributed by atoms with E-state index in [4.69, 9.17) is 0 Å². The van der Waals surface area contributed by atoms with E-state index in [1.807, 2.05) is 0 Å². The van der Waals surface area contributed by atoms with Crippen LogP contribution in [0.5, 0.6) is 0 Å². The van der Waals surface area contributed by atoms with Crippen LogP contribution in [0, 0.1) is 12.3 Å². The minimum Gasteiger partial charge on any atom is -0.295 e. The number of hydrogen-bond donors (Lipinski definition) is 0. The third kappa shape index (κ3) is 5.63. The van der Waals surface area contributed by atoms with Crippen molar-refractivity contribution in [3.63, 3.8) is 0 Å². The van der Waals surface area contributed by atoms with Gasteiger partial charge in [0.05, 0.1) is 5.69 Å². The van der Waals surface area contributed by atoms with Crippen LogP contribution in [0.3, 0.4) is 0 Å². The van der Waals surface area contributed by atoms with Crippen molar-refractivity contribution in [3.05, 3.63) is 29.6 Å². The molecule has 0 unspecified atom stereocenters. The van der Waals surface area contributed by atoms with Crippen molar-refractivity contribution in [3.8, 4) is 0 Å². The van der Waals surface area contributed by atoms with Crippen LogP contribution in [-0.2, 0) is 6.54 Å². The minimum absolute atomic E-state index is 0.396. The SMILES string of the molecule is Cc1cccc(CN(CCC(C)(C)C)C(C)C)n1. The summed E-state index contributed by atoms with van der Waals surface area (Å²) in [5, 5.41) is 0. The Labute approximate surface area is 112 Å². The van der Waals surface area contributed by atoms with E-state index in [0.717, 1.165) is 18.8 Å². The van der Waals surface area contributed by atoms with Crippen LogP contribution < -0.4 is 0 Å². The molecule has 1 heterocycles. The zero-order valence-corrected chi connectivity index (χ0v) is 12.8. The van der Waals surface area contributed by atoms with Crippen molar-refractivity contribution in [2.24, 2.45) is 5.41 Å². The molecule has 0 radical (unpaired) electrons. The fourth-order valence-corrected chi connectivity index (χ4v) is 1.89. The molecule has 18 heavy (non-hydrogen) atoms. The summed E-state index contributed by atoms with van der Waals surface area (Å²) in [6.07, 6.45) is 1.22. The Hall–Kier alpha value is -0.890. The fourth-order valence-electron chi connectivity index (χ4n) is 1.89. The molecule has 2 nitrogen and oxygen atoms in total. The van der Waals surface area contributed by atoms with Crippen molar-refractivity contribution in [1.82, 2.24) is 9.88 Å². The molecule has 0 saturated carbocycles. The van der Waals surface area contributed by atoms with Gasteiger partial charge in [0, 0.05) is 18.3 Å². The van der Waals surface area contributed by atoms with Crippen molar-refractivity contribution in [1.29, 1.82) is 0 Å². The molecule has 2 heteroatoms. The van der Waals surface area contributed by atoms with Crippen LogP contribution in [0.25, 0.3) is 0 Å². The summed E-state index contributed by atoms with van der Waals surface area (Å²) >= 11 is 0. The van der Waals surface area contributed by atoms with E-state index in [2.05, 4.69) is 69.6 Å². The molecule has 1 rings (SSSR count). The lowest BCUT2D eigenvalue weighted by Crippen LogP contribution is -2.33. The summed E-state index contributed by atoms with van der Waals surface area (Å²) in [6.45, 7) is 15.6. The summed E-state index contributed by atoms with van der Waals surface area (Å²) in [4.78, 5) is 7.11. The molecule has 0 fully saturated rings. The normalized spacial score (nSPS) is 12.4. The van der Waals surface area contributed by atoms with E-state index in [-0.39, 0.29) is 0 Å². The Morgan fingerprint density at radius 2 is 1.89 bits per heavy atom. The Kier molecular flexibility index (Phi) is 5.33. The van der Waals surface area contributed by atoms with Gasteiger partial charge in [0.2, 0.25) is 0 Å². The maximum atomic E-state index is 4.60. The number of aryl methyl sites for hydroxylation is 1. The molecule has 0 aliphatic heterocycles. The van der Waals surface area contributed by atoms with Crippen molar-refractivity contribution in [2.45, 2.75) is 60.5 Å². The Balaban J connectivity index is 2.63. The maximum absolute atomic E-state index is 4.60. The zero-order valence-electron chi connectivity index (χ0n) is 12.8. The van der Waals surface area contributed by atoms with Gasteiger partial charge >= 0.3 is 0 Å². The summed E-state index contributed by atoms with van der Waals surface area (Å²) in [7, 11) is 0. The molecule has 0 aliphatic carbocycles. The molecule has 102 valence electrons. The van der Waals surface area contributed by atoms with Crippen LogP contribution in [0.2, 0.25) is 0 Å². The Morgan fingerprint density at radius 3 is 2.39 bits per heavy atom. The quantitative estimate of drug-likeness (QED) is 0.782. The first-order valence-electron chi connectivity index (χ1n) is 6.94. The van der Waals surface area contributed by atoms with Crippen molar-refractivity contribution in [2.75, 3.05) is 6.54 Å². The van der Waals surface area contributed by atoms with Gasteiger partial charge in [-0.1, -0.05) is 26.8 Å². The molecule has 1 aromatic heterocycles. The lowest BCUT2D eigenvalue weighted by molar-refractivity contribution is 0.179. The highest BCUT2D eigenvalue weighted by Crippen LogP contribution is 2.20. The van der Waals surface area contributed by atoms with Gasteiger partial charge in [-0.15, -0.1) is 0 Å². The second kappa shape index (κ2) is 6.33. The number of hydrogen-bond acceptors (Lipinski definition) is 2. The van der Waals surface area contributed by atoms with Gasteiger partial charge in [0.1, 0.15) is 0 Å². The van der Waals surface area contributed by atoms with E-state index in [1.165, 1.54) is 12.1 Å². The number of rotatable bonds is 5. The first-order chi connectivity index (χ1) is 8.28. The van der Waals surface area contributed by atoms with Crippen LogP contribution in [0.4, 0.5) is 0 Å². The molecule has 0 spiro atoms. The van der Waals surface area contributed by atoms with Crippen molar-refractivity contribution >= 4 is 0 Å². The number of aromatic nitrogens is 1. The summed E-state index contributed by atoms with van der Waals surface area (Å²) in [5.41, 5.74) is 2.68. The molecule has 0 saturated heterocycles. The smallest absolute Gasteiger partial charge is 0.0547 e. The monoisotopic (exact) mass is 248 g/mol.